The van der Waals surface area contributed by atoms with E-state index in [0.29, 0.717) is 0 Å². The summed E-state index contributed by atoms with van der Waals surface area (Å²) in [5, 5.41) is 3.60. The lowest BCUT2D eigenvalue weighted by Gasteiger charge is -2.20. The van der Waals surface area contributed by atoms with Gasteiger partial charge in [0.1, 0.15) is 7.05 Å². The minimum atomic E-state index is 0. The van der Waals surface area contributed by atoms with Gasteiger partial charge in [0.25, 0.3) is 0 Å². The van der Waals surface area contributed by atoms with Gasteiger partial charge in [0, 0.05) is 24.4 Å². The van der Waals surface area contributed by atoms with E-state index in [1.807, 2.05) is 7.05 Å². The number of hydrogen-bond donors (Lipinski definition) is 1. The number of pyridine rings is 1. The van der Waals surface area contributed by atoms with E-state index in [4.69, 9.17) is 0 Å². The summed E-state index contributed by atoms with van der Waals surface area (Å²) in [6, 6.07) is 11.0. The maximum atomic E-state index is 3.60. The number of rotatable bonds is 3. The summed E-state index contributed by atoms with van der Waals surface area (Å²) >= 11 is 0. The Morgan fingerprint density at radius 1 is 1.05 bits per heavy atom. The van der Waals surface area contributed by atoms with Crippen molar-refractivity contribution in [3.63, 3.8) is 0 Å². The molecule has 1 heterocycles. The topological polar surface area (TPSA) is 15.9 Å². The number of benzene rings is 1. The first-order valence-corrected chi connectivity index (χ1v) is 7.12. The Morgan fingerprint density at radius 2 is 1.80 bits per heavy atom. The molecule has 3 heteroatoms. The van der Waals surface area contributed by atoms with Crippen LogP contribution < -0.4 is 33.9 Å². The highest BCUT2D eigenvalue weighted by Gasteiger charge is 2.12. The Labute approximate surface area is 138 Å². The molecular formula is C17H21IN2. The van der Waals surface area contributed by atoms with Crippen molar-refractivity contribution in [2.45, 2.75) is 32.2 Å². The molecule has 0 unspecified atom stereocenters. The summed E-state index contributed by atoms with van der Waals surface area (Å²) in [6.07, 6.45) is 9.32. The van der Waals surface area contributed by atoms with E-state index in [9.17, 15) is 0 Å². The van der Waals surface area contributed by atoms with Gasteiger partial charge in [0.2, 0.25) is 0 Å². The predicted molar refractivity (Wildman–Crippen MR) is 78.0 cm³/mol. The molecule has 0 saturated carbocycles. The largest absolute Gasteiger partial charge is 1.00 e. The van der Waals surface area contributed by atoms with Gasteiger partial charge in [-0.3, -0.25) is 0 Å². The Hall–Kier alpha value is -1.10. The molecule has 3 rings (SSSR count). The molecule has 0 saturated heterocycles. The number of hydrogen-bond acceptors (Lipinski definition) is 1. The van der Waals surface area contributed by atoms with E-state index in [2.05, 4.69) is 52.6 Å². The molecule has 2 aromatic rings. The van der Waals surface area contributed by atoms with Crippen LogP contribution in [-0.4, -0.2) is 0 Å². The van der Waals surface area contributed by atoms with Gasteiger partial charge in [0.15, 0.2) is 12.4 Å². The molecule has 0 spiro atoms. The van der Waals surface area contributed by atoms with Gasteiger partial charge in [-0.2, -0.15) is 0 Å². The molecule has 0 bridgehead atoms. The zero-order valence-electron chi connectivity index (χ0n) is 11.9. The van der Waals surface area contributed by atoms with Gasteiger partial charge in [-0.25, -0.2) is 4.57 Å². The fourth-order valence-electron chi connectivity index (χ4n) is 2.79. The molecule has 0 radical (unpaired) electrons. The molecular weight excluding hydrogens is 359 g/mol. The first-order valence-electron chi connectivity index (χ1n) is 7.12. The van der Waals surface area contributed by atoms with Crippen LogP contribution in [-0.2, 0) is 26.4 Å². The van der Waals surface area contributed by atoms with Crippen molar-refractivity contribution in [3.8, 4) is 0 Å². The van der Waals surface area contributed by atoms with Gasteiger partial charge in [-0.1, -0.05) is 12.1 Å². The minimum absolute atomic E-state index is 0. The average molecular weight is 380 g/mol. The SMILES string of the molecule is C[n+]1ccc(CNc2cccc3c2CCCC3)cc1.[I-]. The zero-order chi connectivity index (χ0) is 13.1. The molecule has 0 aliphatic heterocycles. The molecule has 0 fully saturated rings. The number of nitrogens with one attached hydrogen (secondary N) is 1. The lowest BCUT2D eigenvalue weighted by atomic mass is 9.90. The van der Waals surface area contributed by atoms with Gasteiger partial charge < -0.3 is 29.3 Å². The van der Waals surface area contributed by atoms with E-state index in [0.717, 1.165) is 6.54 Å². The summed E-state index contributed by atoms with van der Waals surface area (Å²) in [6.45, 7) is 0.900. The Kier molecular flexibility index (Phi) is 5.40. The molecule has 0 amide bonds. The number of anilines is 1. The van der Waals surface area contributed by atoms with E-state index in [1.165, 1.54) is 48.1 Å². The summed E-state index contributed by atoms with van der Waals surface area (Å²) in [4.78, 5) is 0. The number of halogens is 1. The highest BCUT2D eigenvalue weighted by atomic mass is 127. The van der Waals surface area contributed by atoms with Crippen LogP contribution in [0, 0.1) is 0 Å². The van der Waals surface area contributed by atoms with Gasteiger partial charge in [-0.15, -0.1) is 0 Å². The second-order valence-corrected chi connectivity index (χ2v) is 5.38. The van der Waals surface area contributed by atoms with E-state index < -0.39 is 0 Å². The van der Waals surface area contributed by atoms with Crippen LogP contribution in [0.2, 0.25) is 0 Å². The third-order valence-electron chi connectivity index (χ3n) is 3.93. The first-order chi connectivity index (χ1) is 9.33. The number of nitrogens with zero attached hydrogens (tertiary/aromatic N) is 1. The first kappa shape index (κ1) is 15.3. The molecule has 106 valence electrons. The lowest BCUT2D eigenvalue weighted by Crippen LogP contribution is -3.00. The quantitative estimate of drug-likeness (QED) is 0.586. The molecule has 1 aromatic heterocycles. The predicted octanol–water partition coefficient (Wildman–Crippen LogP) is 0.00600. The fourth-order valence-corrected chi connectivity index (χ4v) is 2.79. The number of aromatic nitrogens is 1. The molecule has 1 aliphatic rings. The maximum absolute atomic E-state index is 3.60. The van der Waals surface area contributed by atoms with Crippen LogP contribution >= 0.6 is 0 Å². The van der Waals surface area contributed by atoms with Crippen LogP contribution in [0.1, 0.15) is 29.5 Å². The summed E-state index contributed by atoms with van der Waals surface area (Å²) < 4.78 is 2.06. The molecule has 1 aliphatic carbocycles. The highest BCUT2D eigenvalue weighted by Crippen LogP contribution is 2.28. The van der Waals surface area contributed by atoms with Crippen molar-refractivity contribution in [2.75, 3.05) is 5.32 Å². The summed E-state index contributed by atoms with van der Waals surface area (Å²) in [5.41, 5.74) is 5.72. The van der Waals surface area contributed by atoms with Crippen LogP contribution in [0.3, 0.4) is 0 Å². The van der Waals surface area contributed by atoms with Crippen molar-refractivity contribution >= 4 is 5.69 Å². The Bertz CT molecular complexity index is 564. The third kappa shape index (κ3) is 3.51. The second-order valence-electron chi connectivity index (χ2n) is 5.38. The molecule has 20 heavy (non-hydrogen) atoms. The summed E-state index contributed by atoms with van der Waals surface area (Å²) in [5.74, 6) is 0. The van der Waals surface area contributed by atoms with E-state index in [-0.39, 0.29) is 24.0 Å². The average Bonchev–Trinajstić information content (AvgIpc) is 2.47. The van der Waals surface area contributed by atoms with E-state index >= 15 is 0 Å². The standard InChI is InChI=1S/C17H21N2.HI/c1-19-11-9-14(10-12-19)13-18-17-8-4-6-15-5-2-3-7-16(15)17;/h4,6,8-12,18H,2-3,5,7,13H2,1H3;1H/q+1;/p-1. The number of aryl methyl sites for hydroxylation is 2. The minimum Gasteiger partial charge on any atom is -1.00 e. The fraction of sp³-hybridized carbons (Fsp3) is 0.353. The molecule has 2 nitrogen and oxygen atoms in total. The number of fused-ring (bicyclic) bond motifs is 1. The van der Waals surface area contributed by atoms with Crippen molar-refractivity contribution in [1.29, 1.82) is 0 Å². The van der Waals surface area contributed by atoms with Crippen molar-refractivity contribution in [2.24, 2.45) is 7.05 Å². The third-order valence-corrected chi connectivity index (χ3v) is 3.93. The molecule has 0 atom stereocenters. The molecule has 1 N–H and O–H groups in total. The molecule has 1 aromatic carbocycles. The second kappa shape index (κ2) is 7.07. The van der Waals surface area contributed by atoms with E-state index in [1.54, 1.807) is 0 Å². The van der Waals surface area contributed by atoms with Crippen LogP contribution in [0.15, 0.2) is 42.7 Å². The monoisotopic (exact) mass is 380 g/mol. The van der Waals surface area contributed by atoms with Crippen molar-refractivity contribution in [3.05, 3.63) is 59.4 Å². The van der Waals surface area contributed by atoms with Crippen LogP contribution in [0.4, 0.5) is 5.69 Å². The zero-order valence-corrected chi connectivity index (χ0v) is 14.1. The van der Waals surface area contributed by atoms with Gasteiger partial charge in [0.05, 0.1) is 0 Å². The summed E-state index contributed by atoms with van der Waals surface area (Å²) in [7, 11) is 2.05. The van der Waals surface area contributed by atoms with Gasteiger partial charge >= 0.3 is 0 Å². The van der Waals surface area contributed by atoms with Crippen LogP contribution in [0.25, 0.3) is 0 Å². The van der Waals surface area contributed by atoms with Crippen LogP contribution in [0.5, 0.6) is 0 Å². The Morgan fingerprint density at radius 3 is 2.60 bits per heavy atom. The Balaban J connectivity index is 0.00000147. The normalized spacial score (nSPS) is 13.2. The maximum Gasteiger partial charge on any atom is 0.168 e. The smallest absolute Gasteiger partial charge is 0.168 e. The highest BCUT2D eigenvalue weighted by molar-refractivity contribution is 5.55. The van der Waals surface area contributed by atoms with Crippen molar-refractivity contribution in [1.82, 2.24) is 0 Å². The lowest BCUT2D eigenvalue weighted by molar-refractivity contribution is -0.671. The van der Waals surface area contributed by atoms with Gasteiger partial charge in [-0.05, 0) is 48.4 Å². The van der Waals surface area contributed by atoms with Crippen molar-refractivity contribution < 1.29 is 28.5 Å².